The average Bonchev–Trinajstić information content (AvgIpc) is 2.80. The number of benzene rings is 1. The lowest BCUT2D eigenvalue weighted by molar-refractivity contribution is 0.300. The fourth-order valence-corrected chi connectivity index (χ4v) is 1.93. The van der Waals surface area contributed by atoms with Crippen molar-refractivity contribution < 1.29 is 9.52 Å². The quantitative estimate of drug-likeness (QED) is 0.698. The van der Waals surface area contributed by atoms with Gasteiger partial charge in [-0.05, 0) is 18.1 Å². The fourth-order valence-electron chi connectivity index (χ4n) is 1.93. The maximum atomic E-state index is 8.97. The molecule has 1 aromatic heterocycles. The third-order valence-electron chi connectivity index (χ3n) is 2.80. The van der Waals surface area contributed by atoms with Crippen LogP contribution in [0.15, 0.2) is 34.9 Å². The number of aliphatic hydroxyl groups excluding tert-OH is 1. The van der Waals surface area contributed by atoms with Crippen molar-refractivity contribution in [2.45, 2.75) is 13.0 Å². The summed E-state index contributed by atoms with van der Waals surface area (Å²) in [6.07, 6.45) is 2.16. The number of rotatable bonds is 4. The number of nitrogen functional groups attached to an aromatic ring is 1. The molecule has 0 aliphatic heterocycles. The van der Waals surface area contributed by atoms with E-state index >= 15 is 0 Å². The maximum Gasteiger partial charge on any atom is 0.125 e. The van der Waals surface area contributed by atoms with Gasteiger partial charge in [0.15, 0.2) is 0 Å². The fraction of sp³-hybridized carbons (Fsp3) is 0.231. The molecule has 0 radical (unpaired) electrons. The van der Waals surface area contributed by atoms with Crippen molar-refractivity contribution in [3.63, 3.8) is 0 Å². The summed E-state index contributed by atoms with van der Waals surface area (Å²) in [6, 6.07) is 7.62. The van der Waals surface area contributed by atoms with E-state index in [1.807, 2.05) is 24.3 Å². The summed E-state index contributed by atoms with van der Waals surface area (Å²) in [5, 5.41) is 8.97. The van der Waals surface area contributed by atoms with E-state index in [1.54, 1.807) is 6.26 Å². The first-order valence-corrected chi connectivity index (χ1v) is 5.53. The smallest absolute Gasteiger partial charge is 0.125 e. The highest BCUT2D eigenvalue weighted by Gasteiger charge is 2.12. The largest absolute Gasteiger partial charge is 0.467 e. The Hall–Kier alpha value is -1.78. The highest BCUT2D eigenvalue weighted by Crippen LogP contribution is 2.31. The first kappa shape index (κ1) is 11.7. The van der Waals surface area contributed by atoms with Crippen molar-refractivity contribution >= 4 is 5.69 Å². The number of para-hydroxylation sites is 1. The lowest BCUT2D eigenvalue weighted by atomic mass is 9.99. The molecule has 2 aromatic rings. The van der Waals surface area contributed by atoms with Gasteiger partial charge in [0.05, 0.1) is 12.8 Å². The van der Waals surface area contributed by atoms with E-state index in [4.69, 9.17) is 21.0 Å². The second-order valence-electron chi connectivity index (χ2n) is 3.81. The predicted octanol–water partition coefficient (Wildman–Crippen LogP) is 1.52. The Morgan fingerprint density at radius 3 is 2.71 bits per heavy atom. The van der Waals surface area contributed by atoms with Crippen molar-refractivity contribution in [2.75, 3.05) is 12.3 Å². The molecule has 0 aliphatic carbocycles. The van der Waals surface area contributed by atoms with Crippen LogP contribution < -0.4 is 11.5 Å². The van der Waals surface area contributed by atoms with E-state index in [1.165, 1.54) is 0 Å². The SMILES string of the molecule is NCc1occc1-c1cccc(CCO)c1N. The number of nitrogens with two attached hydrogens (primary N) is 2. The summed E-state index contributed by atoms with van der Waals surface area (Å²) in [4.78, 5) is 0. The molecule has 0 saturated heterocycles. The number of hydrogen-bond acceptors (Lipinski definition) is 4. The van der Waals surface area contributed by atoms with Crippen LogP contribution in [0, 0.1) is 0 Å². The number of hydrogen-bond donors (Lipinski definition) is 3. The zero-order valence-electron chi connectivity index (χ0n) is 9.52. The third kappa shape index (κ3) is 2.18. The molecule has 1 aromatic carbocycles. The minimum absolute atomic E-state index is 0.0861. The molecule has 0 unspecified atom stereocenters. The van der Waals surface area contributed by atoms with Crippen molar-refractivity contribution in [1.29, 1.82) is 0 Å². The number of aliphatic hydroxyl groups is 1. The molecular weight excluding hydrogens is 216 g/mol. The summed E-state index contributed by atoms with van der Waals surface area (Å²) < 4.78 is 5.29. The Bertz CT molecular complexity index is 506. The molecule has 0 amide bonds. The lowest BCUT2D eigenvalue weighted by Crippen LogP contribution is -2.01. The molecule has 17 heavy (non-hydrogen) atoms. The minimum atomic E-state index is 0.0861. The first-order valence-electron chi connectivity index (χ1n) is 5.53. The summed E-state index contributed by atoms with van der Waals surface area (Å²) in [5.41, 5.74) is 15.1. The van der Waals surface area contributed by atoms with Gasteiger partial charge in [0.1, 0.15) is 5.76 Å². The van der Waals surface area contributed by atoms with E-state index in [2.05, 4.69) is 0 Å². The number of furan rings is 1. The van der Waals surface area contributed by atoms with Crippen LogP contribution in [-0.2, 0) is 13.0 Å². The Labute approximate surface area is 99.9 Å². The van der Waals surface area contributed by atoms with Crippen LogP contribution in [0.2, 0.25) is 0 Å². The molecule has 2 rings (SSSR count). The molecular formula is C13H16N2O2. The molecule has 0 spiro atoms. The zero-order chi connectivity index (χ0) is 12.3. The monoisotopic (exact) mass is 232 g/mol. The van der Waals surface area contributed by atoms with E-state index in [0.717, 1.165) is 22.5 Å². The van der Waals surface area contributed by atoms with Crippen LogP contribution in [0.3, 0.4) is 0 Å². The minimum Gasteiger partial charge on any atom is -0.467 e. The van der Waals surface area contributed by atoms with Crippen LogP contribution in [0.1, 0.15) is 11.3 Å². The molecule has 90 valence electrons. The van der Waals surface area contributed by atoms with Gasteiger partial charge in [0, 0.05) is 23.4 Å². The van der Waals surface area contributed by atoms with Gasteiger partial charge < -0.3 is 21.0 Å². The van der Waals surface area contributed by atoms with Gasteiger partial charge in [0.25, 0.3) is 0 Å². The second kappa shape index (κ2) is 5.03. The van der Waals surface area contributed by atoms with Gasteiger partial charge >= 0.3 is 0 Å². The van der Waals surface area contributed by atoms with Gasteiger partial charge in [-0.1, -0.05) is 18.2 Å². The molecule has 0 fully saturated rings. The van der Waals surface area contributed by atoms with Gasteiger partial charge in [-0.15, -0.1) is 0 Å². The Balaban J connectivity index is 2.49. The van der Waals surface area contributed by atoms with E-state index < -0.39 is 0 Å². The highest BCUT2D eigenvalue weighted by atomic mass is 16.3. The van der Waals surface area contributed by atoms with Crippen LogP contribution >= 0.6 is 0 Å². The Morgan fingerprint density at radius 2 is 2.00 bits per heavy atom. The van der Waals surface area contributed by atoms with Gasteiger partial charge in [-0.2, -0.15) is 0 Å². The standard InChI is InChI=1S/C13H16N2O2/c14-8-12-10(5-7-17-12)11-3-1-2-9(4-6-16)13(11)15/h1-3,5,7,16H,4,6,8,14-15H2. The second-order valence-corrected chi connectivity index (χ2v) is 3.81. The predicted molar refractivity (Wildman–Crippen MR) is 67.2 cm³/mol. The summed E-state index contributed by atoms with van der Waals surface area (Å²) in [5.74, 6) is 0.720. The molecule has 5 N–H and O–H groups in total. The van der Waals surface area contributed by atoms with Crippen LogP contribution in [0.25, 0.3) is 11.1 Å². The summed E-state index contributed by atoms with van der Waals surface area (Å²) in [6.45, 7) is 0.425. The van der Waals surface area contributed by atoms with Crippen molar-refractivity contribution in [2.24, 2.45) is 5.73 Å². The lowest BCUT2D eigenvalue weighted by Gasteiger charge is -2.10. The summed E-state index contributed by atoms with van der Waals surface area (Å²) in [7, 11) is 0. The molecule has 0 atom stereocenters. The molecule has 4 heteroatoms. The van der Waals surface area contributed by atoms with Crippen LogP contribution in [-0.4, -0.2) is 11.7 Å². The van der Waals surface area contributed by atoms with Gasteiger partial charge in [0.2, 0.25) is 0 Å². The molecule has 1 heterocycles. The normalized spacial score (nSPS) is 10.7. The van der Waals surface area contributed by atoms with Gasteiger partial charge in [-0.3, -0.25) is 0 Å². The molecule has 0 aliphatic rings. The maximum absolute atomic E-state index is 8.97. The molecule has 0 bridgehead atoms. The molecule has 4 nitrogen and oxygen atoms in total. The summed E-state index contributed by atoms with van der Waals surface area (Å²) >= 11 is 0. The van der Waals surface area contributed by atoms with E-state index in [-0.39, 0.29) is 6.61 Å². The topological polar surface area (TPSA) is 85.4 Å². The van der Waals surface area contributed by atoms with E-state index in [9.17, 15) is 0 Å². The van der Waals surface area contributed by atoms with Crippen molar-refractivity contribution in [3.05, 3.63) is 41.9 Å². The Morgan fingerprint density at radius 1 is 1.18 bits per heavy atom. The highest BCUT2D eigenvalue weighted by molar-refractivity contribution is 5.79. The first-order chi connectivity index (χ1) is 8.27. The zero-order valence-corrected chi connectivity index (χ0v) is 9.52. The third-order valence-corrected chi connectivity index (χ3v) is 2.80. The van der Waals surface area contributed by atoms with Crippen LogP contribution in [0.4, 0.5) is 5.69 Å². The van der Waals surface area contributed by atoms with Crippen LogP contribution in [0.5, 0.6) is 0 Å². The van der Waals surface area contributed by atoms with Gasteiger partial charge in [-0.25, -0.2) is 0 Å². The van der Waals surface area contributed by atoms with E-state index in [0.29, 0.717) is 18.7 Å². The van der Waals surface area contributed by atoms with Crippen molar-refractivity contribution in [1.82, 2.24) is 0 Å². The number of anilines is 1. The molecule has 0 saturated carbocycles. The Kier molecular flexibility index (Phi) is 3.46. The average molecular weight is 232 g/mol. The van der Waals surface area contributed by atoms with Crippen molar-refractivity contribution in [3.8, 4) is 11.1 Å².